The Morgan fingerprint density at radius 2 is 1.75 bits per heavy atom. The third-order valence-corrected chi connectivity index (χ3v) is 5.27. The molecule has 0 bridgehead atoms. The van der Waals surface area contributed by atoms with E-state index in [4.69, 9.17) is 4.74 Å². The molecular formula is C19H26N2O3. The van der Waals surface area contributed by atoms with Gasteiger partial charge in [-0.1, -0.05) is 43.2 Å². The molecule has 2 amide bonds. The van der Waals surface area contributed by atoms with Crippen molar-refractivity contribution in [1.29, 1.82) is 0 Å². The monoisotopic (exact) mass is 330 g/mol. The lowest BCUT2D eigenvalue weighted by Gasteiger charge is -2.40. The highest BCUT2D eigenvalue weighted by Gasteiger charge is 2.46. The summed E-state index contributed by atoms with van der Waals surface area (Å²) < 4.78 is 5.20. The van der Waals surface area contributed by atoms with Crippen LogP contribution in [0.4, 0.5) is 4.79 Å². The van der Waals surface area contributed by atoms with E-state index in [0.29, 0.717) is 6.61 Å². The standard InChI is InChI=1S/C19H26N2O3/c22-17(19(10-7-11-19)16-8-3-1-4-9-16)20-18(23)24-15-14-21-12-5-2-6-13-21/h1,3-4,8-9H,2,5-7,10-15H2,(H,20,22,23). The van der Waals surface area contributed by atoms with E-state index < -0.39 is 11.5 Å². The summed E-state index contributed by atoms with van der Waals surface area (Å²) in [5, 5.41) is 2.44. The number of carbonyl (C=O) groups is 2. The summed E-state index contributed by atoms with van der Waals surface area (Å²) in [6.07, 6.45) is 5.65. The Balaban J connectivity index is 1.47. The number of alkyl carbamates (subject to hydrolysis) is 1. The van der Waals surface area contributed by atoms with E-state index >= 15 is 0 Å². The Labute approximate surface area is 143 Å². The van der Waals surface area contributed by atoms with Gasteiger partial charge in [-0.15, -0.1) is 0 Å². The average molecular weight is 330 g/mol. The van der Waals surface area contributed by atoms with Crippen LogP contribution in [0.3, 0.4) is 0 Å². The van der Waals surface area contributed by atoms with Crippen molar-refractivity contribution in [2.24, 2.45) is 0 Å². The van der Waals surface area contributed by atoms with Gasteiger partial charge >= 0.3 is 6.09 Å². The van der Waals surface area contributed by atoms with Gasteiger partial charge in [0, 0.05) is 6.54 Å². The van der Waals surface area contributed by atoms with E-state index in [0.717, 1.165) is 44.5 Å². The Hall–Kier alpha value is -1.88. The number of benzene rings is 1. The number of nitrogens with zero attached hydrogens (tertiary/aromatic N) is 1. The number of imide groups is 1. The molecule has 1 aromatic carbocycles. The van der Waals surface area contributed by atoms with Crippen LogP contribution in [0.15, 0.2) is 30.3 Å². The van der Waals surface area contributed by atoms with Crippen LogP contribution in [0, 0.1) is 0 Å². The number of nitrogens with one attached hydrogen (secondary N) is 1. The molecule has 1 heterocycles. The Morgan fingerprint density at radius 3 is 2.38 bits per heavy atom. The first-order chi connectivity index (χ1) is 11.7. The number of amides is 2. The summed E-state index contributed by atoms with van der Waals surface area (Å²) in [5.41, 5.74) is 0.419. The first kappa shape index (κ1) is 17.0. The molecule has 0 aromatic heterocycles. The van der Waals surface area contributed by atoms with E-state index in [-0.39, 0.29) is 5.91 Å². The van der Waals surface area contributed by atoms with Crippen molar-refractivity contribution in [3.63, 3.8) is 0 Å². The molecule has 1 aliphatic heterocycles. The third kappa shape index (κ3) is 3.78. The highest BCUT2D eigenvalue weighted by molar-refractivity contribution is 5.99. The smallest absolute Gasteiger partial charge is 0.413 e. The van der Waals surface area contributed by atoms with Gasteiger partial charge in [0.25, 0.3) is 0 Å². The number of hydrogen-bond donors (Lipinski definition) is 1. The Bertz CT molecular complexity index is 563. The fourth-order valence-corrected chi connectivity index (χ4v) is 3.63. The molecule has 1 aromatic rings. The van der Waals surface area contributed by atoms with Gasteiger partial charge in [-0.3, -0.25) is 15.0 Å². The van der Waals surface area contributed by atoms with Crippen LogP contribution in [0.5, 0.6) is 0 Å². The number of rotatable bonds is 5. The lowest BCUT2D eigenvalue weighted by Crippen LogP contribution is -2.51. The summed E-state index contributed by atoms with van der Waals surface area (Å²) in [6, 6.07) is 9.71. The van der Waals surface area contributed by atoms with Crippen LogP contribution in [0.2, 0.25) is 0 Å². The van der Waals surface area contributed by atoms with Crippen LogP contribution >= 0.6 is 0 Å². The van der Waals surface area contributed by atoms with Crippen LogP contribution in [0.25, 0.3) is 0 Å². The lowest BCUT2D eigenvalue weighted by atomic mass is 9.64. The minimum absolute atomic E-state index is 0.233. The quantitative estimate of drug-likeness (QED) is 0.902. The van der Waals surface area contributed by atoms with Crippen LogP contribution in [-0.2, 0) is 14.9 Å². The van der Waals surface area contributed by atoms with Crippen molar-refractivity contribution in [2.75, 3.05) is 26.2 Å². The Kier molecular flexibility index (Phi) is 5.51. The van der Waals surface area contributed by atoms with Crippen LogP contribution in [-0.4, -0.2) is 43.1 Å². The van der Waals surface area contributed by atoms with Crippen LogP contribution in [0.1, 0.15) is 44.1 Å². The number of ether oxygens (including phenoxy) is 1. The second kappa shape index (κ2) is 7.79. The van der Waals surface area contributed by atoms with E-state index in [9.17, 15) is 9.59 Å². The molecule has 0 radical (unpaired) electrons. The zero-order valence-corrected chi connectivity index (χ0v) is 14.1. The van der Waals surface area contributed by atoms with Gasteiger partial charge in [0.1, 0.15) is 6.61 Å². The highest BCUT2D eigenvalue weighted by Crippen LogP contribution is 2.43. The maximum atomic E-state index is 12.6. The predicted molar refractivity (Wildman–Crippen MR) is 91.8 cm³/mol. The van der Waals surface area contributed by atoms with E-state index in [2.05, 4.69) is 10.2 Å². The van der Waals surface area contributed by atoms with Crippen LogP contribution < -0.4 is 5.32 Å². The molecule has 1 saturated heterocycles. The number of piperidine rings is 1. The number of hydrogen-bond acceptors (Lipinski definition) is 4. The fourth-order valence-electron chi connectivity index (χ4n) is 3.63. The SMILES string of the molecule is O=C(NC(=O)C1(c2ccccc2)CCC1)OCCN1CCCCC1. The molecule has 24 heavy (non-hydrogen) atoms. The molecule has 2 aliphatic rings. The van der Waals surface area contributed by atoms with E-state index in [1.54, 1.807) is 0 Å². The average Bonchev–Trinajstić information content (AvgIpc) is 2.56. The van der Waals surface area contributed by atoms with Gasteiger partial charge < -0.3 is 4.74 Å². The minimum atomic E-state index is -0.626. The van der Waals surface area contributed by atoms with Gasteiger partial charge in [0.05, 0.1) is 5.41 Å². The van der Waals surface area contributed by atoms with Gasteiger partial charge in [0.2, 0.25) is 5.91 Å². The van der Waals surface area contributed by atoms with Gasteiger partial charge in [-0.05, 0) is 44.3 Å². The fraction of sp³-hybridized carbons (Fsp3) is 0.579. The van der Waals surface area contributed by atoms with Crippen molar-refractivity contribution in [2.45, 2.75) is 43.9 Å². The molecule has 1 saturated carbocycles. The summed E-state index contributed by atoms with van der Waals surface area (Å²) in [7, 11) is 0. The predicted octanol–water partition coefficient (Wildman–Crippen LogP) is 2.85. The number of carbonyl (C=O) groups excluding carboxylic acids is 2. The Morgan fingerprint density at radius 1 is 1.04 bits per heavy atom. The topological polar surface area (TPSA) is 58.6 Å². The molecule has 0 spiro atoms. The first-order valence-corrected chi connectivity index (χ1v) is 8.97. The van der Waals surface area contributed by atoms with Crippen molar-refractivity contribution < 1.29 is 14.3 Å². The molecule has 5 heteroatoms. The molecule has 2 fully saturated rings. The van der Waals surface area contributed by atoms with Crippen molar-refractivity contribution in [1.82, 2.24) is 10.2 Å². The second-order valence-electron chi connectivity index (χ2n) is 6.79. The first-order valence-electron chi connectivity index (χ1n) is 8.97. The van der Waals surface area contributed by atoms with Gasteiger partial charge in [0.15, 0.2) is 0 Å². The van der Waals surface area contributed by atoms with Crippen molar-refractivity contribution in [3.8, 4) is 0 Å². The van der Waals surface area contributed by atoms with E-state index in [1.165, 1.54) is 19.3 Å². The molecule has 3 rings (SSSR count). The summed E-state index contributed by atoms with van der Waals surface area (Å²) in [5.74, 6) is -0.233. The maximum Gasteiger partial charge on any atom is 0.413 e. The van der Waals surface area contributed by atoms with Gasteiger partial charge in [-0.25, -0.2) is 4.79 Å². The van der Waals surface area contributed by atoms with Crippen molar-refractivity contribution >= 4 is 12.0 Å². The zero-order chi connectivity index (χ0) is 16.8. The normalized spacial score (nSPS) is 20.0. The number of likely N-dealkylation sites (tertiary alicyclic amines) is 1. The highest BCUT2D eigenvalue weighted by atomic mass is 16.5. The minimum Gasteiger partial charge on any atom is -0.448 e. The molecule has 1 N–H and O–H groups in total. The summed E-state index contributed by atoms with van der Waals surface area (Å²) >= 11 is 0. The largest absolute Gasteiger partial charge is 0.448 e. The molecule has 1 aliphatic carbocycles. The molecule has 5 nitrogen and oxygen atoms in total. The second-order valence-corrected chi connectivity index (χ2v) is 6.79. The summed E-state index contributed by atoms with van der Waals surface area (Å²) in [6.45, 7) is 3.21. The maximum absolute atomic E-state index is 12.6. The zero-order valence-electron chi connectivity index (χ0n) is 14.1. The molecule has 0 atom stereocenters. The summed E-state index contributed by atoms with van der Waals surface area (Å²) in [4.78, 5) is 26.8. The molecule has 0 unspecified atom stereocenters. The third-order valence-electron chi connectivity index (χ3n) is 5.27. The lowest BCUT2D eigenvalue weighted by molar-refractivity contribution is -0.129. The van der Waals surface area contributed by atoms with Gasteiger partial charge in [-0.2, -0.15) is 0 Å². The molecular weight excluding hydrogens is 304 g/mol. The van der Waals surface area contributed by atoms with E-state index in [1.807, 2.05) is 30.3 Å². The molecule has 130 valence electrons. The van der Waals surface area contributed by atoms with Crippen molar-refractivity contribution in [3.05, 3.63) is 35.9 Å².